The van der Waals surface area contributed by atoms with Crippen LogP contribution in [0.15, 0.2) is 18.2 Å². The van der Waals surface area contributed by atoms with Crippen molar-refractivity contribution in [1.29, 1.82) is 5.26 Å². The molecule has 0 N–H and O–H groups in total. The predicted molar refractivity (Wildman–Crippen MR) is 58.5 cm³/mol. The molecule has 0 fully saturated rings. The van der Waals surface area contributed by atoms with Crippen LogP contribution in [0.3, 0.4) is 0 Å². The predicted octanol–water partition coefficient (Wildman–Crippen LogP) is 1.52. The van der Waals surface area contributed by atoms with Crippen LogP contribution in [0.1, 0.15) is 33.2 Å². The topological polar surface area (TPSA) is 76.4 Å². The van der Waals surface area contributed by atoms with Gasteiger partial charge in [0.15, 0.2) is 0 Å². The maximum Gasteiger partial charge on any atom is 0.340 e. The van der Waals surface area contributed by atoms with Crippen LogP contribution >= 0.6 is 0 Å². The summed E-state index contributed by atoms with van der Waals surface area (Å²) in [5.74, 6) is -1.38. The average molecular weight is 233 g/mol. The van der Waals surface area contributed by atoms with Gasteiger partial charge in [-0.15, -0.1) is 0 Å². The van der Waals surface area contributed by atoms with E-state index in [9.17, 15) is 9.59 Å². The van der Waals surface area contributed by atoms with E-state index in [-0.39, 0.29) is 23.3 Å². The van der Waals surface area contributed by atoms with E-state index in [1.165, 1.54) is 25.3 Å². The van der Waals surface area contributed by atoms with Crippen LogP contribution in [0.2, 0.25) is 0 Å². The maximum absolute atomic E-state index is 11.6. The highest BCUT2D eigenvalue weighted by atomic mass is 16.5. The number of ether oxygens (including phenoxy) is 2. The summed E-state index contributed by atoms with van der Waals surface area (Å²) in [6, 6.07) is 6.21. The Morgan fingerprint density at radius 1 is 1.35 bits per heavy atom. The molecule has 0 bridgehead atoms. The van der Waals surface area contributed by atoms with Gasteiger partial charge in [-0.25, -0.2) is 9.59 Å². The quantitative estimate of drug-likeness (QED) is 0.740. The number of benzene rings is 1. The van der Waals surface area contributed by atoms with E-state index in [1.54, 1.807) is 6.92 Å². The lowest BCUT2D eigenvalue weighted by Crippen LogP contribution is -2.14. The Morgan fingerprint density at radius 3 is 2.59 bits per heavy atom. The third-order valence-corrected chi connectivity index (χ3v) is 2.07. The Morgan fingerprint density at radius 2 is 2.06 bits per heavy atom. The minimum atomic E-state index is -0.731. The number of hydrogen-bond donors (Lipinski definition) is 0. The fourth-order valence-electron chi connectivity index (χ4n) is 1.35. The summed E-state index contributed by atoms with van der Waals surface area (Å²) in [5, 5.41) is 8.89. The molecule has 5 nitrogen and oxygen atoms in total. The largest absolute Gasteiger partial charge is 0.465 e. The molecule has 0 saturated heterocycles. The molecule has 0 aliphatic rings. The molecule has 1 rings (SSSR count). The lowest BCUT2D eigenvalue weighted by atomic mass is 10.0. The van der Waals surface area contributed by atoms with Crippen LogP contribution in [0.4, 0.5) is 0 Å². The molecule has 0 atom stereocenters. The van der Waals surface area contributed by atoms with E-state index in [1.807, 2.05) is 6.07 Å². The molecule has 0 aromatic heterocycles. The van der Waals surface area contributed by atoms with Crippen molar-refractivity contribution < 1.29 is 19.1 Å². The minimum Gasteiger partial charge on any atom is -0.465 e. The Kier molecular flexibility index (Phi) is 4.23. The molecule has 0 aliphatic heterocycles. The third kappa shape index (κ3) is 2.61. The van der Waals surface area contributed by atoms with Gasteiger partial charge < -0.3 is 9.47 Å². The molecule has 0 saturated carbocycles. The number of methoxy groups -OCH3 is 1. The summed E-state index contributed by atoms with van der Waals surface area (Å²) in [6.07, 6.45) is 0. The lowest BCUT2D eigenvalue weighted by Gasteiger charge is -2.08. The van der Waals surface area contributed by atoms with Gasteiger partial charge in [0.2, 0.25) is 0 Å². The fourth-order valence-corrected chi connectivity index (χ4v) is 1.35. The van der Waals surface area contributed by atoms with E-state index in [0.717, 1.165) is 0 Å². The molecule has 1 aromatic rings. The van der Waals surface area contributed by atoms with Gasteiger partial charge in [0.1, 0.15) is 6.07 Å². The van der Waals surface area contributed by atoms with Gasteiger partial charge in [0.05, 0.1) is 30.4 Å². The zero-order valence-corrected chi connectivity index (χ0v) is 9.52. The van der Waals surface area contributed by atoms with E-state index in [0.29, 0.717) is 0 Å². The molecule has 0 radical (unpaired) electrons. The van der Waals surface area contributed by atoms with Gasteiger partial charge >= 0.3 is 11.9 Å². The van der Waals surface area contributed by atoms with Gasteiger partial charge in [-0.1, -0.05) is 6.07 Å². The Balaban J connectivity index is 3.35. The van der Waals surface area contributed by atoms with Gasteiger partial charge in [0.25, 0.3) is 0 Å². The van der Waals surface area contributed by atoms with Gasteiger partial charge in [-0.2, -0.15) is 5.26 Å². The van der Waals surface area contributed by atoms with Crippen LogP contribution in [0.25, 0.3) is 0 Å². The highest BCUT2D eigenvalue weighted by Crippen LogP contribution is 2.16. The Bertz CT molecular complexity index is 488. The summed E-state index contributed by atoms with van der Waals surface area (Å²) in [4.78, 5) is 23.2. The first-order valence-electron chi connectivity index (χ1n) is 4.94. The summed E-state index contributed by atoms with van der Waals surface area (Å²) in [6.45, 7) is 1.85. The maximum atomic E-state index is 11.6. The Hall–Kier alpha value is -2.35. The number of rotatable bonds is 3. The molecule has 0 amide bonds. The monoisotopic (exact) mass is 233 g/mol. The van der Waals surface area contributed by atoms with Crippen molar-refractivity contribution in [1.82, 2.24) is 0 Å². The van der Waals surface area contributed by atoms with Crippen molar-refractivity contribution in [3.63, 3.8) is 0 Å². The van der Waals surface area contributed by atoms with Gasteiger partial charge in [-0.3, -0.25) is 0 Å². The summed E-state index contributed by atoms with van der Waals surface area (Å²) >= 11 is 0. The Labute approximate surface area is 98.6 Å². The summed E-state index contributed by atoms with van der Waals surface area (Å²) < 4.78 is 9.36. The average Bonchev–Trinajstić information content (AvgIpc) is 2.37. The number of carbonyl (C=O) groups is 2. The zero-order valence-electron chi connectivity index (χ0n) is 9.52. The highest BCUT2D eigenvalue weighted by Gasteiger charge is 2.22. The smallest absolute Gasteiger partial charge is 0.340 e. The second-order valence-electron chi connectivity index (χ2n) is 3.05. The summed E-state index contributed by atoms with van der Waals surface area (Å²) in [7, 11) is 1.19. The number of esters is 2. The van der Waals surface area contributed by atoms with Crippen molar-refractivity contribution in [2.75, 3.05) is 13.7 Å². The van der Waals surface area contributed by atoms with Crippen LogP contribution < -0.4 is 0 Å². The van der Waals surface area contributed by atoms with Crippen molar-refractivity contribution in [2.45, 2.75) is 6.92 Å². The first kappa shape index (κ1) is 12.7. The molecule has 88 valence electrons. The molecule has 17 heavy (non-hydrogen) atoms. The van der Waals surface area contributed by atoms with E-state index < -0.39 is 11.9 Å². The highest BCUT2D eigenvalue weighted by molar-refractivity contribution is 6.04. The molecular weight excluding hydrogens is 222 g/mol. The van der Waals surface area contributed by atoms with E-state index in [4.69, 9.17) is 10.00 Å². The molecule has 0 unspecified atom stereocenters. The zero-order chi connectivity index (χ0) is 12.8. The van der Waals surface area contributed by atoms with E-state index >= 15 is 0 Å². The molecule has 0 heterocycles. The summed E-state index contributed by atoms with van der Waals surface area (Å²) in [5.41, 5.74) is 0.0658. The first-order valence-corrected chi connectivity index (χ1v) is 4.94. The fraction of sp³-hybridized carbons (Fsp3) is 0.250. The standard InChI is InChI=1S/C12H11NO4/c1-3-17-11(14)9-6-4-5-8(7-13)10(9)12(15)16-2/h4-6H,3H2,1-2H3. The molecular formula is C12H11NO4. The number of hydrogen-bond acceptors (Lipinski definition) is 5. The number of nitriles is 1. The van der Waals surface area contributed by atoms with Gasteiger partial charge in [-0.05, 0) is 19.1 Å². The molecule has 0 aliphatic carbocycles. The van der Waals surface area contributed by atoms with Crippen molar-refractivity contribution in [3.8, 4) is 6.07 Å². The van der Waals surface area contributed by atoms with Crippen LogP contribution in [0, 0.1) is 11.3 Å². The normalized spacial score (nSPS) is 9.24. The SMILES string of the molecule is CCOC(=O)c1cccc(C#N)c1C(=O)OC. The van der Waals surface area contributed by atoms with Crippen LogP contribution in [-0.4, -0.2) is 25.7 Å². The third-order valence-electron chi connectivity index (χ3n) is 2.07. The number of carbonyl (C=O) groups excluding carboxylic acids is 2. The van der Waals surface area contributed by atoms with Gasteiger partial charge in [0, 0.05) is 0 Å². The van der Waals surface area contributed by atoms with E-state index in [2.05, 4.69) is 4.74 Å². The van der Waals surface area contributed by atoms with Crippen LogP contribution in [0.5, 0.6) is 0 Å². The molecule has 1 aromatic carbocycles. The van der Waals surface area contributed by atoms with Crippen molar-refractivity contribution in [3.05, 3.63) is 34.9 Å². The second kappa shape index (κ2) is 5.66. The molecule has 0 spiro atoms. The minimum absolute atomic E-state index is 0.0396. The first-order chi connectivity index (χ1) is 8.15. The lowest BCUT2D eigenvalue weighted by molar-refractivity contribution is 0.0504. The molecule has 5 heteroatoms. The number of nitrogens with zero attached hydrogens (tertiary/aromatic N) is 1. The second-order valence-corrected chi connectivity index (χ2v) is 3.05. The van der Waals surface area contributed by atoms with Crippen molar-refractivity contribution >= 4 is 11.9 Å². The van der Waals surface area contributed by atoms with Crippen molar-refractivity contribution in [2.24, 2.45) is 0 Å². The van der Waals surface area contributed by atoms with Crippen LogP contribution in [-0.2, 0) is 9.47 Å².